The van der Waals surface area contributed by atoms with E-state index in [9.17, 15) is 56.2 Å². The molecule has 0 aromatic carbocycles. The molecule has 40 heavy (non-hydrogen) atoms. The van der Waals surface area contributed by atoms with Crippen molar-refractivity contribution in [2.45, 2.75) is 118 Å². The van der Waals surface area contributed by atoms with Gasteiger partial charge in [-0.1, -0.05) is 0 Å². The van der Waals surface area contributed by atoms with Gasteiger partial charge >= 0.3 is 0 Å². The summed E-state index contributed by atoms with van der Waals surface area (Å²) >= 11 is 0. The van der Waals surface area contributed by atoms with E-state index in [0.717, 1.165) is 0 Å². The Morgan fingerprint density at radius 3 is 1.88 bits per heavy atom. The lowest BCUT2D eigenvalue weighted by Gasteiger charge is -2.47. The molecule has 0 amide bonds. The lowest BCUT2D eigenvalue weighted by atomic mass is 9.98. The van der Waals surface area contributed by atoms with Crippen LogP contribution in [-0.2, 0) is 33.2 Å². The molecule has 234 valence electrons. The van der Waals surface area contributed by atoms with Crippen LogP contribution in [0.5, 0.6) is 0 Å². The Hall–Kier alpha value is -0.720. The predicted molar refractivity (Wildman–Crippen MR) is 120 cm³/mol. The van der Waals surface area contributed by atoms with Crippen molar-refractivity contribution in [3.63, 3.8) is 0 Å². The predicted octanol–water partition coefficient (Wildman–Crippen LogP) is -7.44. The van der Waals surface area contributed by atoms with Crippen LogP contribution in [0.1, 0.15) is 6.92 Å². The molecule has 4 rings (SSSR count). The minimum absolute atomic E-state index is 0.364. The van der Waals surface area contributed by atoms with Gasteiger partial charge in [0.05, 0.1) is 25.9 Å². The van der Waals surface area contributed by atoms with Crippen LogP contribution in [0.2, 0.25) is 0 Å². The van der Waals surface area contributed by atoms with E-state index >= 15 is 0 Å². The van der Waals surface area contributed by atoms with E-state index in [1.165, 1.54) is 6.92 Å². The average molecular weight is 591 g/mol. The first-order chi connectivity index (χ1) is 18.8. The second-order valence-electron chi connectivity index (χ2n) is 10.2. The van der Waals surface area contributed by atoms with E-state index in [1.807, 2.05) is 0 Å². The Balaban J connectivity index is 1.38. The Kier molecular flexibility index (Phi) is 10.7. The molecule has 18 atom stereocenters. The normalized spacial score (nSPS) is 54.3. The fourth-order valence-electron chi connectivity index (χ4n) is 4.87. The number of rotatable bonds is 7. The Bertz CT molecular complexity index is 806. The number of hydrogen-bond donors (Lipinski definition) is 11. The fourth-order valence-corrected chi connectivity index (χ4v) is 4.87. The summed E-state index contributed by atoms with van der Waals surface area (Å²) in [6, 6.07) is 0. The smallest absolute Gasteiger partial charge is 0.187 e. The molecule has 18 nitrogen and oxygen atoms in total. The first-order valence-corrected chi connectivity index (χ1v) is 12.8. The van der Waals surface area contributed by atoms with Crippen molar-refractivity contribution in [3.8, 4) is 0 Å². The zero-order valence-corrected chi connectivity index (χ0v) is 21.3. The van der Waals surface area contributed by atoms with Gasteiger partial charge in [0.25, 0.3) is 0 Å². The van der Waals surface area contributed by atoms with Gasteiger partial charge in [-0.25, -0.2) is 0 Å². The Morgan fingerprint density at radius 1 is 0.575 bits per heavy atom. The van der Waals surface area contributed by atoms with Crippen molar-refractivity contribution in [1.82, 2.24) is 0 Å². The molecule has 0 aromatic rings. The first kappa shape index (κ1) is 32.2. The van der Waals surface area contributed by atoms with Crippen molar-refractivity contribution in [1.29, 1.82) is 0 Å². The molecule has 0 spiro atoms. The van der Waals surface area contributed by atoms with Crippen LogP contribution in [0.15, 0.2) is 0 Å². The third-order valence-electron chi connectivity index (χ3n) is 7.41. The van der Waals surface area contributed by atoms with Crippen molar-refractivity contribution in [3.05, 3.63) is 0 Å². The summed E-state index contributed by atoms with van der Waals surface area (Å²) in [5.74, 6) is 0. The lowest BCUT2D eigenvalue weighted by Crippen LogP contribution is -2.65. The van der Waals surface area contributed by atoms with Crippen LogP contribution in [0, 0.1) is 0 Å². The summed E-state index contributed by atoms with van der Waals surface area (Å²) in [6.07, 6.45) is -28.3. The minimum Gasteiger partial charge on any atom is -0.394 e. The van der Waals surface area contributed by atoms with Gasteiger partial charge in [0, 0.05) is 0 Å². The zero-order valence-electron chi connectivity index (χ0n) is 21.3. The lowest BCUT2D eigenvalue weighted by molar-refractivity contribution is -0.376. The third-order valence-corrected chi connectivity index (χ3v) is 7.41. The molecule has 0 aromatic heterocycles. The first-order valence-electron chi connectivity index (χ1n) is 12.8. The molecule has 4 fully saturated rings. The van der Waals surface area contributed by atoms with E-state index in [4.69, 9.17) is 33.2 Å². The summed E-state index contributed by atoms with van der Waals surface area (Å²) in [4.78, 5) is 0. The number of hydrogen-bond acceptors (Lipinski definition) is 18. The van der Waals surface area contributed by atoms with Gasteiger partial charge in [-0.2, -0.15) is 0 Å². The minimum atomic E-state index is -1.84. The molecule has 4 heterocycles. The van der Waals surface area contributed by atoms with Crippen LogP contribution in [0.25, 0.3) is 0 Å². The second kappa shape index (κ2) is 13.3. The van der Waals surface area contributed by atoms with Gasteiger partial charge in [-0.15, -0.1) is 0 Å². The van der Waals surface area contributed by atoms with Crippen LogP contribution in [0.3, 0.4) is 0 Å². The van der Waals surface area contributed by atoms with Crippen molar-refractivity contribution < 1.29 is 89.3 Å². The molecule has 11 N–H and O–H groups in total. The number of aliphatic hydroxyl groups excluding tert-OH is 11. The molecule has 0 radical (unpaired) electrons. The summed E-state index contributed by atoms with van der Waals surface area (Å²) in [7, 11) is 0. The molecular formula is C22H38O18. The topological polar surface area (TPSA) is 287 Å². The van der Waals surface area contributed by atoms with Crippen molar-refractivity contribution in [2.75, 3.05) is 19.8 Å². The average Bonchev–Trinajstić information content (AvgIpc) is 2.93. The maximum atomic E-state index is 10.8. The van der Waals surface area contributed by atoms with E-state index < -0.39 is 124 Å². The summed E-state index contributed by atoms with van der Waals surface area (Å²) in [5.41, 5.74) is 0. The molecule has 4 aliphatic heterocycles. The standard InChI is InChI=1S/C22H38O18/c1-5-9(25)17(16(32)22(36-5)40-18-10(26)6(24)3-34-19(18)33)39-20-14(30)12(28)8(4-35-20)38-21-15(31)13(29)11(27)7(2-23)37-21/h5-33H,2-4H2,1H3/t5-,6+,7+,8+,9-,10-,11+,12-,13-,14+,15+,16+,17+,18+,19+,20-,21-,22-/m0/s1. The van der Waals surface area contributed by atoms with E-state index in [-0.39, 0.29) is 6.61 Å². The van der Waals surface area contributed by atoms with E-state index in [0.29, 0.717) is 0 Å². The summed E-state index contributed by atoms with van der Waals surface area (Å²) in [5, 5.41) is 112. The van der Waals surface area contributed by atoms with Gasteiger partial charge in [-0.05, 0) is 6.92 Å². The van der Waals surface area contributed by atoms with Crippen LogP contribution >= 0.6 is 0 Å². The van der Waals surface area contributed by atoms with E-state index in [2.05, 4.69) is 0 Å². The van der Waals surface area contributed by atoms with Gasteiger partial charge in [-0.3, -0.25) is 0 Å². The van der Waals surface area contributed by atoms with Crippen molar-refractivity contribution in [2.24, 2.45) is 0 Å². The highest BCUT2D eigenvalue weighted by Gasteiger charge is 2.52. The second-order valence-corrected chi connectivity index (χ2v) is 10.2. The SMILES string of the molecule is C[C@@H]1O[C@@H](O[C@@H]2[C@@H](O)[C@H](O)CO[C@H]2O)[C@H](O)[C@H](O[C@@H]2OC[C@@H](O[C@@H]3O[C@H](CO)[C@@H](O)[C@H](O)[C@H]3O)[C@H](O)[C@H]2O)[C@H]1O. The van der Waals surface area contributed by atoms with Crippen LogP contribution < -0.4 is 0 Å². The maximum absolute atomic E-state index is 10.8. The van der Waals surface area contributed by atoms with Crippen molar-refractivity contribution >= 4 is 0 Å². The highest BCUT2D eigenvalue weighted by Crippen LogP contribution is 2.31. The van der Waals surface area contributed by atoms with E-state index in [1.54, 1.807) is 0 Å². The van der Waals surface area contributed by atoms with Crippen LogP contribution in [-0.4, -0.2) is 187 Å². The third kappa shape index (κ3) is 6.44. The Labute approximate surface area is 227 Å². The zero-order chi connectivity index (χ0) is 29.5. The summed E-state index contributed by atoms with van der Waals surface area (Å²) in [6.45, 7) is -0.145. The molecule has 0 saturated carbocycles. The van der Waals surface area contributed by atoms with Crippen LogP contribution in [0.4, 0.5) is 0 Å². The number of aliphatic hydroxyl groups is 11. The van der Waals surface area contributed by atoms with Gasteiger partial charge in [0.15, 0.2) is 25.2 Å². The van der Waals surface area contributed by atoms with Gasteiger partial charge < -0.3 is 89.3 Å². The molecule has 0 bridgehead atoms. The molecule has 4 saturated heterocycles. The quantitative estimate of drug-likeness (QED) is 0.131. The molecular weight excluding hydrogens is 552 g/mol. The monoisotopic (exact) mass is 590 g/mol. The number of ether oxygens (including phenoxy) is 7. The van der Waals surface area contributed by atoms with Gasteiger partial charge in [0.1, 0.15) is 79.4 Å². The Morgan fingerprint density at radius 2 is 1.20 bits per heavy atom. The van der Waals surface area contributed by atoms with Gasteiger partial charge in [0.2, 0.25) is 0 Å². The molecule has 0 aliphatic carbocycles. The highest BCUT2D eigenvalue weighted by atomic mass is 16.8. The molecule has 4 aliphatic rings. The highest BCUT2D eigenvalue weighted by molar-refractivity contribution is 4.94. The maximum Gasteiger partial charge on any atom is 0.187 e. The molecule has 18 heteroatoms. The fraction of sp³-hybridized carbons (Fsp3) is 1.00. The largest absolute Gasteiger partial charge is 0.394 e. The summed E-state index contributed by atoms with van der Waals surface area (Å²) < 4.78 is 37.5. The molecule has 0 unspecified atom stereocenters.